The van der Waals surface area contributed by atoms with Crippen LogP contribution >= 0.6 is 0 Å². The van der Waals surface area contributed by atoms with E-state index >= 15 is 0 Å². The molecule has 1 aromatic carbocycles. The van der Waals surface area contributed by atoms with Crippen molar-refractivity contribution in [2.75, 3.05) is 24.5 Å². The Morgan fingerprint density at radius 1 is 1.19 bits per heavy atom. The van der Waals surface area contributed by atoms with Crippen molar-refractivity contribution in [3.63, 3.8) is 0 Å². The van der Waals surface area contributed by atoms with Gasteiger partial charge in [0.15, 0.2) is 0 Å². The van der Waals surface area contributed by atoms with Crippen LogP contribution in [-0.2, 0) is 4.79 Å². The van der Waals surface area contributed by atoms with Crippen molar-refractivity contribution in [2.24, 2.45) is 0 Å². The fourth-order valence-corrected chi connectivity index (χ4v) is 1.71. The van der Waals surface area contributed by atoms with E-state index in [9.17, 15) is 22.8 Å². The topological polar surface area (TPSA) is 60.9 Å². The zero-order valence-corrected chi connectivity index (χ0v) is 11.3. The fourth-order valence-electron chi connectivity index (χ4n) is 1.71. The van der Waals surface area contributed by atoms with Gasteiger partial charge in [0.05, 0.1) is 0 Å². The van der Waals surface area contributed by atoms with E-state index in [1.165, 1.54) is 19.1 Å². The maximum atomic E-state index is 12.5. The van der Waals surface area contributed by atoms with Gasteiger partial charge < -0.3 is 10.0 Å². The number of carbonyl (C=O) groups is 2. The largest absolute Gasteiger partial charge is 0.480 e. The molecule has 0 bridgehead atoms. The quantitative estimate of drug-likeness (QED) is 0.909. The molecule has 1 aromatic rings. The smallest absolute Gasteiger partial charge is 0.406 e. The van der Waals surface area contributed by atoms with Crippen molar-refractivity contribution in [3.8, 4) is 0 Å². The molecule has 0 atom stereocenters. The number of urea groups is 1. The number of alkyl halides is 3. The number of halogens is 3. The van der Waals surface area contributed by atoms with E-state index in [0.717, 1.165) is 4.90 Å². The minimum absolute atomic E-state index is 0.179. The van der Waals surface area contributed by atoms with E-state index in [2.05, 4.69) is 0 Å². The highest BCUT2D eigenvalue weighted by molar-refractivity contribution is 5.96. The summed E-state index contributed by atoms with van der Waals surface area (Å²) < 4.78 is 37.4. The van der Waals surface area contributed by atoms with E-state index in [1.807, 2.05) is 0 Å². The number of nitrogens with zero attached hydrogens (tertiary/aromatic N) is 2. The molecule has 5 nitrogen and oxygen atoms in total. The molecule has 0 aliphatic heterocycles. The van der Waals surface area contributed by atoms with Crippen LogP contribution in [0.5, 0.6) is 0 Å². The molecule has 1 rings (SSSR count). The number of hydrogen-bond donors (Lipinski definition) is 1. The molecular weight excluding hydrogens is 289 g/mol. The lowest BCUT2D eigenvalue weighted by atomic mass is 10.3. The normalized spacial score (nSPS) is 11.0. The number of carboxylic acid groups (broad SMARTS) is 1. The Kier molecular flexibility index (Phi) is 5.57. The fraction of sp³-hybridized carbons (Fsp3) is 0.385. The van der Waals surface area contributed by atoms with Crippen molar-refractivity contribution in [2.45, 2.75) is 13.1 Å². The SMILES string of the molecule is CCN(CC(F)(F)F)C(=O)N(CC(=O)O)c1ccccc1. The molecule has 0 radical (unpaired) electrons. The Hall–Kier alpha value is -2.25. The molecule has 0 unspecified atom stereocenters. The summed E-state index contributed by atoms with van der Waals surface area (Å²) in [6.45, 7) is -0.919. The summed E-state index contributed by atoms with van der Waals surface area (Å²) in [6, 6.07) is 6.71. The minimum atomic E-state index is -4.54. The molecule has 116 valence electrons. The first-order valence-electron chi connectivity index (χ1n) is 6.14. The van der Waals surface area contributed by atoms with Gasteiger partial charge in [0.25, 0.3) is 0 Å². The van der Waals surface area contributed by atoms with Crippen molar-refractivity contribution in [1.29, 1.82) is 0 Å². The predicted octanol–water partition coefficient (Wildman–Crippen LogP) is 2.58. The molecule has 0 heterocycles. The van der Waals surface area contributed by atoms with Crippen LogP contribution in [0.25, 0.3) is 0 Å². The van der Waals surface area contributed by atoms with Crippen LogP contribution in [0.2, 0.25) is 0 Å². The summed E-state index contributed by atoms with van der Waals surface area (Å²) in [5, 5.41) is 8.85. The van der Waals surface area contributed by atoms with Crippen LogP contribution in [-0.4, -0.2) is 47.8 Å². The van der Waals surface area contributed by atoms with Gasteiger partial charge in [0, 0.05) is 12.2 Å². The van der Waals surface area contributed by atoms with Crippen molar-refractivity contribution < 1.29 is 27.9 Å². The van der Waals surface area contributed by atoms with Crippen LogP contribution in [0, 0.1) is 0 Å². The van der Waals surface area contributed by atoms with E-state index in [4.69, 9.17) is 5.11 Å². The molecule has 0 saturated heterocycles. The number of carbonyl (C=O) groups excluding carboxylic acids is 1. The molecule has 21 heavy (non-hydrogen) atoms. The van der Waals surface area contributed by atoms with Gasteiger partial charge in [0.1, 0.15) is 13.1 Å². The molecule has 0 fully saturated rings. The van der Waals surface area contributed by atoms with Gasteiger partial charge in [-0.15, -0.1) is 0 Å². The summed E-state index contributed by atoms with van der Waals surface area (Å²) in [7, 11) is 0. The molecular formula is C13H15F3N2O3. The lowest BCUT2D eigenvalue weighted by Crippen LogP contribution is -2.48. The molecule has 8 heteroatoms. The Morgan fingerprint density at radius 2 is 1.76 bits per heavy atom. The van der Waals surface area contributed by atoms with Gasteiger partial charge in [-0.05, 0) is 19.1 Å². The number of aliphatic carboxylic acids is 1. The number of carboxylic acids is 1. The molecule has 0 aromatic heterocycles. The predicted molar refractivity (Wildman–Crippen MR) is 70.1 cm³/mol. The van der Waals surface area contributed by atoms with E-state index in [1.54, 1.807) is 18.2 Å². The minimum Gasteiger partial charge on any atom is -0.480 e. The third-order valence-corrected chi connectivity index (χ3v) is 2.61. The van der Waals surface area contributed by atoms with Gasteiger partial charge >= 0.3 is 18.2 Å². The molecule has 0 aliphatic carbocycles. The lowest BCUT2D eigenvalue weighted by molar-refractivity contribution is -0.139. The summed E-state index contributed by atoms with van der Waals surface area (Å²) in [6.07, 6.45) is -4.54. The van der Waals surface area contributed by atoms with Crippen LogP contribution < -0.4 is 4.90 Å². The number of anilines is 1. The maximum Gasteiger partial charge on any atom is 0.406 e. The monoisotopic (exact) mass is 304 g/mol. The van der Waals surface area contributed by atoms with E-state index < -0.39 is 31.3 Å². The number of benzene rings is 1. The second kappa shape index (κ2) is 6.96. The van der Waals surface area contributed by atoms with Crippen molar-refractivity contribution in [1.82, 2.24) is 4.90 Å². The Balaban J connectivity index is 3.02. The first kappa shape index (κ1) is 16.8. The second-order valence-corrected chi connectivity index (χ2v) is 4.23. The van der Waals surface area contributed by atoms with Gasteiger partial charge in [-0.1, -0.05) is 18.2 Å². The van der Waals surface area contributed by atoms with Crippen molar-refractivity contribution in [3.05, 3.63) is 30.3 Å². The number of para-hydroxylation sites is 1. The first-order chi connectivity index (χ1) is 9.74. The molecule has 1 N–H and O–H groups in total. The molecule has 2 amide bonds. The average molecular weight is 304 g/mol. The Morgan fingerprint density at radius 3 is 2.19 bits per heavy atom. The van der Waals surface area contributed by atoms with E-state index in [-0.39, 0.29) is 12.2 Å². The van der Waals surface area contributed by atoms with E-state index in [0.29, 0.717) is 4.90 Å². The average Bonchev–Trinajstić information content (AvgIpc) is 2.41. The number of rotatable bonds is 5. The molecule has 0 saturated carbocycles. The summed E-state index contributed by atoms with van der Waals surface area (Å²) in [5.74, 6) is -1.31. The lowest BCUT2D eigenvalue weighted by Gasteiger charge is -2.29. The summed E-state index contributed by atoms with van der Waals surface area (Å²) >= 11 is 0. The zero-order valence-electron chi connectivity index (χ0n) is 11.3. The van der Waals surface area contributed by atoms with Gasteiger partial charge in [-0.3, -0.25) is 9.69 Å². The van der Waals surface area contributed by atoms with Crippen LogP contribution in [0.1, 0.15) is 6.92 Å². The summed E-state index contributed by atoms with van der Waals surface area (Å²) in [5.41, 5.74) is 0.227. The third-order valence-electron chi connectivity index (χ3n) is 2.61. The maximum absolute atomic E-state index is 12.5. The first-order valence-corrected chi connectivity index (χ1v) is 6.14. The van der Waals surface area contributed by atoms with Gasteiger partial charge in [0.2, 0.25) is 0 Å². The highest BCUT2D eigenvalue weighted by atomic mass is 19.4. The van der Waals surface area contributed by atoms with Crippen LogP contribution in [0.4, 0.5) is 23.7 Å². The zero-order chi connectivity index (χ0) is 16.0. The van der Waals surface area contributed by atoms with Crippen LogP contribution in [0.3, 0.4) is 0 Å². The molecule has 0 aliphatic rings. The number of amides is 2. The van der Waals surface area contributed by atoms with Crippen LogP contribution in [0.15, 0.2) is 30.3 Å². The summed E-state index contributed by atoms with van der Waals surface area (Å²) in [4.78, 5) is 24.4. The number of hydrogen-bond acceptors (Lipinski definition) is 2. The highest BCUT2D eigenvalue weighted by Gasteiger charge is 2.34. The Labute approximate surface area is 119 Å². The third kappa shape index (κ3) is 5.33. The molecule has 0 spiro atoms. The van der Waals surface area contributed by atoms with Gasteiger partial charge in [-0.25, -0.2) is 4.79 Å². The van der Waals surface area contributed by atoms with Gasteiger partial charge in [-0.2, -0.15) is 13.2 Å². The van der Waals surface area contributed by atoms with Crippen molar-refractivity contribution >= 4 is 17.7 Å². The Bertz CT molecular complexity index is 491. The second-order valence-electron chi connectivity index (χ2n) is 4.23. The highest BCUT2D eigenvalue weighted by Crippen LogP contribution is 2.20. The standard InChI is InChI=1S/C13H15F3N2O3/c1-2-17(9-13(14,15)16)12(21)18(8-11(19)20)10-6-4-3-5-7-10/h3-7H,2,8-9H2,1H3,(H,19,20).